The van der Waals surface area contributed by atoms with E-state index in [-0.39, 0.29) is 5.91 Å². The SMILES string of the molecule is CCc1ccc(Cl)c(CC)c1NC(=O)c1ncccc1Br. The minimum Gasteiger partial charge on any atom is -0.320 e. The quantitative estimate of drug-likeness (QED) is 0.837. The monoisotopic (exact) mass is 366 g/mol. The number of anilines is 1. The fourth-order valence-electron chi connectivity index (χ4n) is 2.19. The van der Waals surface area contributed by atoms with E-state index in [2.05, 4.69) is 33.2 Å². The highest BCUT2D eigenvalue weighted by Crippen LogP contribution is 2.30. The van der Waals surface area contributed by atoms with E-state index < -0.39 is 0 Å². The molecule has 0 unspecified atom stereocenters. The molecule has 1 aromatic heterocycles. The Morgan fingerprint density at radius 2 is 2.05 bits per heavy atom. The number of rotatable bonds is 4. The minimum atomic E-state index is -0.242. The number of nitrogens with zero attached hydrogens (tertiary/aromatic N) is 1. The van der Waals surface area contributed by atoms with Gasteiger partial charge < -0.3 is 5.32 Å². The molecule has 0 aliphatic rings. The molecule has 2 aromatic rings. The Morgan fingerprint density at radius 3 is 2.67 bits per heavy atom. The average Bonchev–Trinajstić information content (AvgIpc) is 2.48. The maximum Gasteiger partial charge on any atom is 0.275 e. The van der Waals surface area contributed by atoms with Crippen LogP contribution in [-0.4, -0.2) is 10.9 Å². The van der Waals surface area contributed by atoms with Crippen molar-refractivity contribution in [3.63, 3.8) is 0 Å². The molecule has 110 valence electrons. The highest BCUT2D eigenvalue weighted by molar-refractivity contribution is 9.10. The van der Waals surface area contributed by atoms with Crippen LogP contribution in [0.1, 0.15) is 35.5 Å². The molecule has 1 amide bonds. The lowest BCUT2D eigenvalue weighted by molar-refractivity contribution is 0.102. The number of pyridine rings is 1. The van der Waals surface area contributed by atoms with Gasteiger partial charge in [-0.05, 0) is 58.1 Å². The van der Waals surface area contributed by atoms with Crippen LogP contribution >= 0.6 is 27.5 Å². The Hall–Kier alpha value is -1.39. The van der Waals surface area contributed by atoms with Crippen molar-refractivity contribution in [1.29, 1.82) is 0 Å². The molecule has 0 saturated heterocycles. The van der Waals surface area contributed by atoms with Gasteiger partial charge in [0.1, 0.15) is 5.69 Å². The second-order valence-corrected chi connectivity index (χ2v) is 5.82. The van der Waals surface area contributed by atoms with Crippen LogP contribution in [0.3, 0.4) is 0 Å². The minimum absolute atomic E-state index is 0.242. The van der Waals surface area contributed by atoms with Gasteiger partial charge in [0.05, 0.1) is 0 Å². The van der Waals surface area contributed by atoms with Crippen molar-refractivity contribution in [2.45, 2.75) is 26.7 Å². The zero-order valence-electron chi connectivity index (χ0n) is 11.9. The summed E-state index contributed by atoms with van der Waals surface area (Å²) in [6.07, 6.45) is 3.17. The van der Waals surface area contributed by atoms with Crippen LogP contribution < -0.4 is 5.32 Å². The second-order valence-electron chi connectivity index (χ2n) is 4.56. The van der Waals surface area contributed by atoms with Crippen LogP contribution in [0.5, 0.6) is 0 Å². The lowest BCUT2D eigenvalue weighted by atomic mass is 10.0. The number of aromatic nitrogens is 1. The van der Waals surface area contributed by atoms with E-state index in [0.717, 1.165) is 29.7 Å². The third-order valence-corrected chi connectivity index (χ3v) is 4.28. The number of carbonyl (C=O) groups excluding carboxylic acids is 1. The number of hydrogen-bond acceptors (Lipinski definition) is 2. The van der Waals surface area contributed by atoms with Crippen molar-refractivity contribution in [3.8, 4) is 0 Å². The summed E-state index contributed by atoms with van der Waals surface area (Å²) in [5, 5.41) is 3.63. The van der Waals surface area contributed by atoms with E-state index >= 15 is 0 Å². The van der Waals surface area contributed by atoms with Gasteiger partial charge in [0.25, 0.3) is 5.91 Å². The fourth-order valence-corrected chi connectivity index (χ4v) is 2.92. The Morgan fingerprint density at radius 1 is 1.29 bits per heavy atom. The molecule has 0 fully saturated rings. The molecule has 0 radical (unpaired) electrons. The molecule has 5 heteroatoms. The second kappa shape index (κ2) is 7.05. The lowest BCUT2D eigenvalue weighted by Crippen LogP contribution is -2.17. The van der Waals surface area contributed by atoms with Crippen LogP contribution in [0.15, 0.2) is 34.9 Å². The topological polar surface area (TPSA) is 42.0 Å². The van der Waals surface area contributed by atoms with Crippen molar-refractivity contribution < 1.29 is 4.79 Å². The van der Waals surface area contributed by atoms with E-state index in [0.29, 0.717) is 15.2 Å². The zero-order chi connectivity index (χ0) is 15.4. The third-order valence-electron chi connectivity index (χ3n) is 3.29. The summed E-state index contributed by atoms with van der Waals surface area (Å²) in [4.78, 5) is 16.6. The first-order valence-corrected chi connectivity index (χ1v) is 7.97. The number of amides is 1. The number of halogens is 2. The molecule has 1 aromatic carbocycles. The molecule has 0 spiro atoms. The van der Waals surface area contributed by atoms with Crippen LogP contribution in [0.4, 0.5) is 5.69 Å². The summed E-state index contributed by atoms with van der Waals surface area (Å²) >= 11 is 9.59. The molecular formula is C16H16BrClN2O. The summed E-state index contributed by atoms with van der Waals surface area (Å²) in [6, 6.07) is 7.40. The van der Waals surface area contributed by atoms with Crippen molar-refractivity contribution in [2.75, 3.05) is 5.32 Å². The molecule has 21 heavy (non-hydrogen) atoms. The summed E-state index contributed by atoms with van der Waals surface area (Å²) in [7, 11) is 0. The number of carbonyl (C=O) groups is 1. The molecule has 0 aliphatic heterocycles. The summed E-state index contributed by atoms with van der Waals surface area (Å²) in [5.41, 5.74) is 3.18. The van der Waals surface area contributed by atoms with Gasteiger partial charge in [-0.1, -0.05) is 31.5 Å². The Labute approximate surface area is 137 Å². The average molecular weight is 368 g/mol. The van der Waals surface area contributed by atoms with Crippen LogP contribution in [0.25, 0.3) is 0 Å². The molecule has 0 aliphatic carbocycles. The number of benzene rings is 1. The number of nitrogens with one attached hydrogen (secondary N) is 1. The van der Waals surface area contributed by atoms with Crippen molar-refractivity contribution in [1.82, 2.24) is 4.98 Å². The van der Waals surface area contributed by atoms with Crippen LogP contribution in [-0.2, 0) is 12.8 Å². The lowest BCUT2D eigenvalue weighted by Gasteiger charge is -2.16. The van der Waals surface area contributed by atoms with Gasteiger partial charge in [0, 0.05) is 21.4 Å². The van der Waals surface area contributed by atoms with Crippen LogP contribution in [0, 0.1) is 0 Å². The Bertz CT molecular complexity index is 673. The molecule has 1 heterocycles. The zero-order valence-corrected chi connectivity index (χ0v) is 14.3. The van der Waals surface area contributed by atoms with Crippen molar-refractivity contribution in [3.05, 3.63) is 56.8 Å². The molecular weight excluding hydrogens is 352 g/mol. The van der Waals surface area contributed by atoms with Gasteiger partial charge in [-0.25, -0.2) is 4.98 Å². The summed E-state index contributed by atoms with van der Waals surface area (Å²) in [5.74, 6) is -0.242. The first kappa shape index (κ1) is 16.0. The standard InChI is InChI=1S/C16H16BrClN2O/c1-3-10-7-8-13(18)11(4-2)14(10)20-16(21)15-12(17)6-5-9-19-15/h5-9H,3-4H2,1-2H3,(H,20,21). The van der Waals surface area contributed by atoms with Crippen molar-refractivity contribution in [2.24, 2.45) is 0 Å². The van der Waals surface area contributed by atoms with Gasteiger partial charge in [0.2, 0.25) is 0 Å². The molecule has 2 rings (SSSR count). The molecule has 1 N–H and O–H groups in total. The van der Waals surface area contributed by atoms with E-state index in [1.807, 2.05) is 19.1 Å². The van der Waals surface area contributed by atoms with Gasteiger partial charge in [0.15, 0.2) is 0 Å². The molecule has 0 bridgehead atoms. The van der Waals surface area contributed by atoms with Gasteiger partial charge in [-0.3, -0.25) is 4.79 Å². The first-order valence-electron chi connectivity index (χ1n) is 6.80. The summed E-state index contributed by atoms with van der Waals surface area (Å²) in [6.45, 7) is 4.07. The largest absolute Gasteiger partial charge is 0.320 e. The summed E-state index contributed by atoms with van der Waals surface area (Å²) < 4.78 is 0.667. The van der Waals surface area contributed by atoms with E-state index in [4.69, 9.17) is 11.6 Å². The van der Waals surface area contributed by atoms with Gasteiger partial charge in [-0.2, -0.15) is 0 Å². The van der Waals surface area contributed by atoms with Gasteiger partial charge in [-0.15, -0.1) is 0 Å². The number of aryl methyl sites for hydroxylation is 1. The van der Waals surface area contributed by atoms with E-state index in [1.54, 1.807) is 18.3 Å². The van der Waals surface area contributed by atoms with Gasteiger partial charge >= 0.3 is 0 Å². The van der Waals surface area contributed by atoms with Crippen LogP contribution in [0.2, 0.25) is 5.02 Å². The van der Waals surface area contributed by atoms with E-state index in [1.165, 1.54) is 0 Å². The fraction of sp³-hybridized carbons (Fsp3) is 0.250. The van der Waals surface area contributed by atoms with Crippen molar-refractivity contribution >= 4 is 39.1 Å². The maximum atomic E-state index is 12.4. The Kier molecular flexibility index (Phi) is 5.37. The number of hydrogen-bond donors (Lipinski definition) is 1. The highest BCUT2D eigenvalue weighted by Gasteiger charge is 2.16. The smallest absolute Gasteiger partial charge is 0.275 e. The molecule has 3 nitrogen and oxygen atoms in total. The van der Waals surface area contributed by atoms with E-state index in [9.17, 15) is 4.79 Å². The maximum absolute atomic E-state index is 12.4. The molecule has 0 atom stereocenters. The Balaban J connectivity index is 2.41. The highest BCUT2D eigenvalue weighted by atomic mass is 79.9. The normalized spacial score (nSPS) is 10.5. The predicted molar refractivity (Wildman–Crippen MR) is 90.1 cm³/mol. The molecule has 0 saturated carbocycles. The first-order chi connectivity index (χ1) is 10.1. The predicted octanol–water partition coefficient (Wildman–Crippen LogP) is 4.87. The third kappa shape index (κ3) is 3.44.